The minimum atomic E-state index is -4.42. The molecule has 1 heterocycles. The highest BCUT2D eigenvalue weighted by molar-refractivity contribution is 5.63. The van der Waals surface area contributed by atoms with Crippen molar-refractivity contribution in [3.63, 3.8) is 0 Å². The van der Waals surface area contributed by atoms with Crippen molar-refractivity contribution in [1.82, 2.24) is 4.98 Å². The number of nitrogens with zero attached hydrogens (tertiary/aromatic N) is 1. The Hall–Kier alpha value is -1.95. The molecular formula is C13H9F4NO. The first-order valence-electron chi connectivity index (χ1n) is 5.35. The molecule has 19 heavy (non-hydrogen) atoms. The molecule has 2 nitrogen and oxygen atoms in total. The van der Waals surface area contributed by atoms with Gasteiger partial charge in [-0.2, -0.15) is 17.6 Å². The third kappa shape index (κ3) is 2.90. The molecule has 0 spiro atoms. The summed E-state index contributed by atoms with van der Waals surface area (Å²) in [6.07, 6.45) is -4.42. The van der Waals surface area contributed by atoms with Crippen molar-refractivity contribution in [3.05, 3.63) is 53.5 Å². The van der Waals surface area contributed by atoms with Gasteiger partial charge < -0.3 is 5.11 Å². The van der Waals surface area contributed by atoms with E-state index < -0.39 is 17.7 Å². The summed E-state index contributed by atoms with van der Waals surface area (Å²) < 4.78 is 50.3. The van der Waals surface area contributed by atoms with Gasteiger partial charge in [-0.1, -0.05) is 18.2 Å². The van der Waals surface area contributed by atoms with Gasteiger partial charge in [0.25, 0.3) is 0 Å². The van der Waals surface area contributed by atoms with Crippen LogP contribution in [0.2, 0.25) is 0 Å². The lowest BCUT2D eigenvalue weighted by Crippen LogP contribution is -2.04. The minimum Gasteiger partial charge on any atom is -0.392 e. The molecule has 100 valence electrons. The van der Waals surface area contributed by atoms with Gasteiger partial charge in [0.15, 0.2) is 0 Å². The maximum absolute atomic E-state index is 13.1. The zero-order valence-electron chi connectivity index (χ0n) is 9.58. The molecule has 2 rings (SSSR count). The zero-order valence-corrected chi connectivity index (χ0v) is 9.58. The second-order valence-corrected chi connectivity index (χ2v) is 3.87. The molecule has 0 atom stereocenters. The zero-order chi connectivity index (χ0) is 14.0. The summed E-state index contributed by atoms with van der Waals surface area (Å²) in [7, 11) is 0. The average molecular weight is 271 g/mol. The fraction of sp³-hybridized carbons (Fsp3) is 0.154. The van der Waals surface area contributed by atoms with E-state index >= 15 is 0 Å². The van der Waals surface area contributed by atoms with E-state index in [2.05, 4.69) is 4.98 Å². The first kappa shape index (κ1) is 13.5. The van der Waals surface area contributed by atoms with E-state index in [1.807, 2.05) is 0 Å². The van der Waals surface area contributed by atoms with Crippen molar-refractivity contribution in [2.75, 3.05) is 0 Å². The molecule has 1 aromatic carbocycles. The number of aromatic nitrogens is 1. The molecular weight excluding hydrogens is 262 g/mol. The Kier molecular flexibility index (Phi) is 3.53. The molecule has 6 heteroatoms. The summed E-state index contributed by atoms with van der Waals surface area (Å²) in [5.74, 6) is -0.757. The Morgan fingerprint density at radius 3 is 2.16 bits per heavy atom. The number of alkyl halides is 3. The standard InChI is InChI=1S/C13H9F4NO/c14-11-6-3-9(7-19)12(18-11)8-1-4-10(5-2-8)13(15,16)17/h1-6,19H,7H2. The number of pyridine rings is 1. The predicted molar refractivity (Wildman–Crippen MR) is 60.6 cm³/mol. The van der Waals surface area contributed by atoms with E-state index in [0.717, 1.165) is 18.2 Å². The summed E-state index contributed by atoms with van der Waals surface area (Å²) in [6, 6.07) is 6.61. The Balaban J connectivity index is 2.45. The number of benzene rings is 1. The normalized spacial score (nSPS) is 11.6. The Morgan fingerprint density at radius 1 is 1.00 bits per heavy atom. The van der Waals surface area contributed by atoms with E-state index in [4.69, 9.17) is 5.11 Å². The summed E-state index contributed by atoms with van der Waals surface area (Å²) in [4.78, 5) is 3.60. The summed E-state index contributed by atoms with van der Waals surface area (Å²) in [5.41, 5.74) is 0.00661. The highest BCUT2D eigenvalue weighted by Crippen LogP contribution is 2.31. The van der Waals surface area contributed by atoms with E-state index in [0.29, 0.717) is 11.1 Å². The van der Waals surface area contributed by atoms with E-state index in [9.17, 15) is 17.6 Å². The Labute approximate surface area is 106 Å². The van der Waals surface area contributed by atoms with Crippen molar-refractivity contribution in [2.24, 2.45) is 0 Å². The van der Waals surface area contributed by atoms with Crippen molar-refractivity contribution in [1.29, 1.82) is 0 Å². The molecule has 1 aromatic heterocycles. The van der Waals surface area contributed by atoms with Crippen LogP contribution in [0.3, 0.4) is 0 Å². The highest BCUT2D eigenvalue weighted by atomic mass is 19.4. The van der Waals surface area contributed by atoms with Crippen LogP contribution in [0.1, 0.15) is 11.1 Å². The number of aliphatic hydroxyl groups is 1. The van der Waals surface area contributed by atoms with Gasteiger partial charge in [-0.25, -0.2) is 4.98 Å². The number of hydrogen-bond acceptors (Lipinski definition) is 2. The first-order valence-corrected chi connectivity index (χ1v) is 5.35. The molecule has 0 saturated carbocycles. The first-order chi connectivity index (χ1) is 8.91. The molecule has 0 bridgehead atoms. The Bertz CT molecular complexity index is 578. The summed E-state index contributed by atoms with van der Waals surface area (Å²) >= 11 is 0. The number of halogens is 4. The third-order valence-corrected chi connectivity index (χ3v) is 2.60. The largest absolute Gasteiger partial charge is 0.416 e. The quantitative estimate of drug-likeness (QED) is 0.670. The van der Waals surface area contributed by atoms with Crippen LogP contribution in [0.4, 0.5) is 17.6 Å². The van der Waals surface area contributed by atoms with Gasteiger partial charge >= 0.3 is 6.18 Å². The highest BCUT2D eigenvalue weighted by Gasteiger charge is 2.30. The van der Waals surface area contributed by atoms with E-state index in [-0.39, 0.29) is 12.3 Å². The summed E-state index contributed by atoms with van der Waals surface area (Å²) in [5, 5.41) is 9.11. The van der Waals surface area contributed by atoms with E-state index in [1.54, 1.807) is 0 Å². The van der Waals surface area contributed by atoms with Crippen molar-refractivity contribution in [3.8, 4) is 11.3 Å². The fourth-order valence-electron chi connectivity index (χ4n) is 1.66. The van der Waals surface area contributed by atoms with Gasteiger partial charge in [-0.05, 0) is 18.2 Å². The number of hydrogen-bond donors (Lipinski definition) is 1. The molecule has 1 N–H and O–H groups in total. The number of aliphatic hydroxyl groups excluding tert-OH is 1. The van der Waals surface area contributed by atoms with Gasteiger partial charge in [0.2, 0.25) is 5.95 Å². The fourth-order valence-corrected chi connectivity index (χ4v) is 1.66. The van der Waals surface area contributed by atoms with Crippen LogP contribution in [0, 0.1) is 5.95 Å². The van der Waals surface area contributed by atoms with Crippen LogP contribution in [0.5, 0.6) is 0 Å². The van der Waals surface area contributed by atoms with Crippen LogP contribution in [0.25, 0.3) is 11.3 Å². The topological polar surface area (TPSA) is 33.1 Å². The lowest BCUT2D eigenvalue weighted by molar-refractivity contribution is -0.137. The van der Waals surface area contributed by atoms with Gasteiger partial charge in [0.05, 0.1) is 17.9 Å². The third-order valence-electron chi connectivity index (χ3n) is 2.60. The van der Waals surface area contributed by atoms with Crippen LogP contribution in [0.15, 0.2) is 36.4 Å². The second kappa shape index (κ2) is 4.97. The van der Waals surface area contributed by atoms with Gasteiger partial charge in [-0.3, -0.25) is 0 Å². The molecule has 0 radical (unpaired) electrons. The second-order valence-electron chi connectivity index (χ2n) is 3.87. The van der Waals surface area contributed by atoms with Crippen LogP contribution in [-0.4, -0.2) is 10.1 Å². The number of rotatable bonds is 2. The molecule has 0 saturated heterocycles. The van der Waals surface area contributed by atoms with Crippen molar-refractivity contribution < 1.29 is 22.7 Å². The van der Waals surface area contributed by atoms with Crippen LogP contribution >= 0.6 is 0 Å². The SMILES string of the molecule is OCc1ccc(F)nc1-c1ccc(C(F)(F)F)cc1. The van der Waals surface area contributed by atoms with Crippen LogP contribution < -0.4 is 0 Å². The van der Waals surface area contributed by atoms with Crippen molar-refractivity contribution >= 4 is 0 Å². The van der Waals surface area contributed by atoms with Gasteiger partial charge in [-0.15, -0.1) is 0 Å². The lowest BCUT2D eigenvalue weighted by Gasteiger charge is -2.09. The van der Waals surface area contributed by atoms with E-state index in [1.165, 1.54) is 18.2 Å². The average Bonchev–Trinajstić information content (AvgIpc) is 2.38. The summed E-state index contributed by atoms with van der Waals surface area (Å²) in [6.45, 7) is -0.371. The maximum atomic E-state index is 13.1. The molecule has 0 amide bonds. The lowest BCUT2D eigenvalue weighted by atomic mass is 10.0. The maximum Gasteiger partial charge on any atom is 0.416 e. The molecule has 0 fully saturated rings. The van der Waals surface area contributed by atoms with Gasteiger partial charge in [0.1, 0.15) is 0 Å². The molecule has 2 aromatic rings. The Morgan fingerprint density at radius 2 is 1.63 bits per heavy atom. The van der Waals surface area contributed by atoms with Crippen LogP contribution in [-0.2, 0) is 12.8 Å². The molecule has 0 unspecified atom stereocenters. The van der Waals surface area contributed by atoms with Gasteiger partial charge in [0, 0.05) is 11.1 Å². The molecule has 0 aliphatic carbocycles. The molecule has 0 aliphatic heterocycles. The smallest absolute Gasteiger partial charge is 0.392 e. The molecule has 0 aliphatic rings. The van der Waals surface area contributed by atoms with Crippen molar-refractivity contribution in [2.45, 2.75) is 12.8 Å². The monoisotopic (exact) mass is 271 g/mol. The minimum absolute atomic E-state index is 0.135. The predicted octanol–water partition coefficient (Wildman–Crippen LogP) is 3.40.